The average molecular weight is 249 g/mol. The van der Waals surface area contributed by atoms with Crippen molar-refractivity contribution in [2.24, 2.45) is 0 Å². The van der Waals surface area contributed by atoms with Crippen molar-refractivity contribution in [3.63, 3.8) is 0 Å². The van der Waals surface area contributed by atoms with Crippen LogP contribution in [0.3, 0.4) is 0 Å². The van der Waals surface area contributed by atoms with E-state index >= 15 is 0 Å². The Morgan fingerprint density at radius 2 is 2.47 bits per heavy atom. The third kappa shape index (κ3) is 3.01. The third-order valence-electron chi connectivity index (χ3n) is 1.95. The van der Waals surface area contributed by atoms with E-state index in [2.05, 4.69) is 15.3 Å². The minimum atomic E-state index is -0.486. The van der Waals surface area contributed by atoms with Gasteiger partial charge in [-0.25, -0.2) is 9.78 Å². The molecule has 17 heavy (non-hydrogen) atoms. The Bertz CT molecular complexity index is 498. The van der Waals surface area contributed by atoms with Crippen molar-refractivity contribution in [2.45, 2.75) is 6.92 Å². The summed E-state index contributed by atoms with van der Waals surface area (Å²) in [6.07, 6.45) is 2.94. The van der Waals surface area contributed by atoms with Gasteiger partial charge in [-0.1, -0.05) is 0 Å². The van der Waals surface area contributed by atoms with Gasteiger partial charge in [-0.2, -0.15) is 0 Å². The molecule has 2 rings (SSSR count). The van der Waals surface area contributed by atoms with E-state index in [1.54, 1.807) is 19.3 Å². The maximum absolute atomic E-state index is 11.2. The van der Waals surface area contributed by atoms with Crippen molar-refractivity contribution in [1.82, 2.24) is 9.97 Å². The molecule has 0 aromatic carbocycles. The Morgan fingerprint density at radius 3 is 3.18 bits per heavy atom. The number of ether oxygens (including phenoxy) is 1. The van der Waals surface area contributed by atoms with Crippen LogP contribution in [0.1, 0.15) is 6.92 Å². The van der Waals surface area contributed by atoms with Gasteiger partial charge in [0.1, 0.15) is 0 Å². The molecule has 1 amide bonds. The fourth-order valence-electron chi connectivity index (χ4n) is 1.23. The highest BCUT2D eigenvalue weighted by molar-refractivity contribution is 7.14. The van der Waals surface area contributed by atoms with Crippen LogP contribution in [-0.2, 0) is 4.74 Å². The third-order valence-corrected chi connectivity index (χ3v) is 2.70. The minimum absolute atomic E-state index is 0.340. The van der Waals surface area contributed by atoms with Gasteiger partial charge in [0.25, 0.3) is 0 Å². The monoisotopic (exact) mass is 249 g/mol. The average Bonchev–Trinajstić information content (AvgIpc) is 2.79. The summed E-state index contributed by atoms with van der Waals surface area (Å²) in [6, 6.07) is 3.75. The molecule has 1 N–H and O–H groups in total. The molecule has 0 unspecified atom stereocenters. The largest absolute Gasteiger partial charge is 0.450 e. The molecule has 0 saturated carbocycles. The summed E-state index contributed by atoms with van der Waals surface area (Å²) in [5.74, 6) is 0. The second-order valence-corrected chi connectivity index (χ2v) is 3.98. The Kier molecular flexibility index (Phi) is 3.66. The molecule has 0 fully saturated rings. The number of pyridine rings is 1. The van der Waals surface area contributed by atoms with Crippen molar-refractivity contribution in [3.05, 3.63) is 29.9 Å². The van der Waals surface area contributed by atoms with E-state index in [1.807, 2.05) is 17.5 Å². The van der Waals surface area contributed by atoms with Crippen LogP contribution in [0.25, 0.3) is 11.3 Å². The first-order valence-electron chi connectivity index (χ1n) is 5.09. The smallest absolute Gasteiger partial charge is 0.413 e. The van der Waals surface area contributed by atoms with E-state index in [-0.39, 0.29) is 0 Å². The van der Waals surface area contributed by atoms with E-state index in [9.17, 15) is 4.79 Å². The van der Waals surface area contributed by atoms with Crippen LogP contribution in [0.15, 0.2) is 29.9 Å². The minimum Gasteiger partial charge on any atom is -0.450 e. The maximum Gasteiger partial charge on any atom is 0.413 e. The van der Waals surface area contributed by atoms with E-state index in [1.165, 1.54) is 11.3 Å². The Morgan fingerprint density at radius 1 is 1.59 bits per heavy atom. The topological polar surface area (TPSA) is 64.1 Å². The zero-order chi connectivity index (χ0) is 12.1. The van der Waals surface area contributed by atoms with Crippen LogP contribution in [0, 0.1) is 0 Å². The summed E-state index contributed by atoms with van der Waals surface area (Å²) in [7, 11) is 0. The van der Waals surface area contributed by atoms with Crippen molar-refractivity contribution in [1.29, 1.82) is 0 Å². The van der Waals surface area contributed by atoms with Gasteiger partial charge in [0, 0.05) is 23.3 Å². The number of carbonyl (C=O) groups is 1. The number of nitrogens with zero attached hydrogens (tertiary/aromatic N) is 2. The second-order valence-electron chi connectivity index (χ2n) is 3.13. The molecule has 0 atom stereocenters. The van der Waals surface area contributed by atoms with Gasteiger partial charge < -0.3 is 4.74 Å². The van der Waals surface area contributed by atoms with Crippen LogP contribution < -0.4 is 5.32 Å². The maximum atomic E-state index is 11.2. The molecule has 2 aromatic rings. The number of amides is 1. The van der Waals surface area contributed by atoms with Gasteiger partial charge in [-0.15, -0.1) is 11.3 Å². The predicted molar refractivity (Wildman–Crippen MR) is 66.0 cm³/mol. The summed E-state index contributed by atoms with van der Waals surface area (Å²) in [5, 5.41) is 4.93. The van der Waals surface area contributed by atoms with Crippen LogP contribution >= 0.6 is 11.3 Å². The van der Waals surface area contributed by atoms with Crippen molar-refractivity contribution in [3.8, 4) is 11.3 Å². The number of carbonyl (C=O) groups excluding carboxylic acids is 1. The Labute approximate surface area is 102 Å². The van der Waals surface area contributed by atoms with E-state index < -0.39 is 6.09 Å². The molecule has 5 nitrogen and oxygen atoms in total. The van der Waals surface area contributed by atoms with Crippen LogP contribution in [0.2, 0.25) is 0 Å². The van der Waals surface area contributed by atoms with Crippen molar-refractivity contribution >= 4 is 22.6 Å². The lowest BCUT2D eigenvalue weighted by Crippen LogP contribution is -2.12. The quantitative estimate of drug-likeness (QED) is 0.908. The van der Waals surface area contributed by atoms with Gasteiger partial charge >= 0.3 is 6.09 Å². The van der Waals surface area contributed by atoms with Crippen LogP contribution in [-0.4, -0.2) is 22.7 Å². The zero-order valence-corrected chi connectivity index (χ0v) is 10.0. The molecule has 0 bridgehead atoms. The molecule has 0 spiro atoms. The van der Waals surface area contributed by atoms with Gasteiger partial charge in [0.15, 0.2) is 5.13 Å². The molecule has 6 heteroatoms. The summed E-state index contributed by atoms with van der Waals surface area (Å²) in [5.41, 5.74) is 1.70. The molecule has 2 aromatic heterocycles. The van der Waals surface area contributed by atoms with Crippen LogP contribution in [0.5, 0.6) is 0 Å². The Balaban J connectivity index is 2.09. The number of hydrogen-bond donors (Lipinski definition) is 1. The molecule has 88 valence electrons. The molecule has 0 radical (unpaired) electrons. The van der Waals surface area contributed by atoms with E-state index in [0.29, 0.717) is 11.7 Å². The zero-order valence-electron chi connectivity index (χ0n) is 9.21. The SMILES string of the molecule is CCOC(=O)Nc1nc(-c2cccnc2)cs1. The van der Waals surface area contributed by atoms with E-state index in [0.717, 1.165) is 11.3 Å². The molecule has 0 aliphatic rings. The number of aromatic nitrogens is 2. The molecule has 0 saturated heterocycles. The first-order chi connectivity index (χ1) is 8.29. The lowest BCUT2D eigenvalue weighted by molar-refractivity contribution is 0.168. The number of hydrogen-bond acceptors (Lipinski definition) is 5. The van der Waals surface area contributed by atoms with Crippen molar-refractivity contribution in [2.75, 3.05) is 11.9 Å². The summed E-state index contributed by atoms with van der Waals surface area (Å²) in [4.78, 5) is 19.5. The normalized spacial score (nSPS) is 9.94. The highest BCUT2D eigenvalue weighted by atomic mass is 32.1. The lowest BCUT2D eigenvalue weighted by atomic mass is 10.2. The van der Waals surface area contributed by atoms with Gasteiger partial charge in [0.05, 0.1) is 12.3 Å². The highest BCUT2D eigenvalue weighted by Crippen LogP contribution is 2.23. The summed E-state index contributed by atoms with van der Waals surface area (Å²) in [6.45, 7) is 2.09. The van der Waals surface area contributed by atoms with Gasteiger partial charge in [-0.05, 0) is 19.1 Å². The fourth-order valence-corrected chi connectivity index (χ4v) is 1.94. The number of anilines is 1. The van der Waals surface area contributed by atoms with Crippen LogP contribution in [0.4, 0.5) is 9.93 Å². The standard InChI is InChI=1S/C11H11N3O2S/c1-2-16-11(15)14-10-13-9(7-17-10)8-4-3-5-12-6-8/h3-7H,2H2,1H3,(H,13,14,15). The lowest BCUT2D eigenvalue weighted by Gasteiger charge is -2.00. The van der Waals surface area contributed by atoms with Gasteiger partial charge in [0.2, 0.25) is 0 Å². The second kappa shape index (κ2) is 5.40. The molecule has 2 heterocycles. The highest BCUT2D eigenvalue weighted by Gasteiger charge is 2.07. The summed E-state index contributed by atoms with van der Waals surface area (Å²) >= 11 is 1.35. The van der Waals surface area contributed by atoms with Gasteiger partial charge in [-0.3, -0.25) is 10.3 Å². The summed E-state index contributed by atoms with van der Waals surface area (Å²) < 4.78 is 4.77. The molecule has 0 aliphatic carbocycles. The fraction of sp³-hybridized carbons (Fsp3) is 0.182. The molecular weight excluding hydrogens is 238 g/mol. The number of thiazole rings is 1. The number of nitrogens with one attached hydrogen (secondary N) is 1. The predicted octanol–water partition coefficient (Wildman–Crippen LogP) is 2.77. The number of rotatable bonds is 3. The van der Waals surface area contributed by atoms with E-state index in [4.69, 9.17) is 4.74 Å². The first-order valence-corrected chi connectivity index (χ1v) is 5.97. The molecule has 0 aliphatic heterocycles. The first kappa shape index (κ1) is 11.5. The van der Waals surface area contributed by atoms with Crippen molar-refractivity contribution < 1.29 is 9.53 Å². The Hall–Kier alpha value is -1.95. The molecular formula is C11H11N3O2S.